The highest BCUT2D eigenvalue weighted by molar-refractivity contribution is 5.25. The van der Waals surface area contributed by atoms with Gasteiger partial charge in [-0.05, 0) is 49.3 Å². The first-order valence-electron chi connectivity index (χ1n) is 8.29. The Balaban J connectivity index is 1.88. The van der Waals surface area contributed by atoms with Crippen LogP contribution in [0.15, 0.2) is 24.3 Å². The van der Waals surface area contributed by atoms with Crippen LogP contribution in [0, 0.1) is 5.92 Å². The Labute approximate surface area is 124 Å². The second-order valence-electron chi connectivity index (χ2n) is 6.30. The van der Waals surface area contributed by atoms with Crippen molar-refractivity contribution >= 4 is 0 Å². The van der Waals surface area contributed by atoms with Crippen molar-refractivity contribution in [2.24, 2.45) is 11.7 Å². The van der Waals surface area contributed by atoms with E-state index in [0.29, 0.717) is 0 Å². The highest BCUT2D eigenvalue weighted by atomic mass is 15.1. The molecule has 0 aliphatic heterocycles. The summed E-state index contributed by atoms with van der Waals surface area (Å²) in [4.78, 5) is 2.56. The molecule has 2 heteroatoms. The van der Waals surface area contributed by atoms with Crippen molar-refractivity contribution in [2.75, 3.05) is 19.6 Å². The van der Waals surface area contributed by atoms with Gasteiger partial charge in [0.15, 0.2) is 0 Å². The number of nitrogens with two attached hydrogens (primary N) is 1. The van der Waals surface area contributed by atoms with E-state index in [0.717, 1.165) is 12.5 Å². The van der Waals surface area contributed by atoms with E-state index in [1.807, 2.05) is 0 Å². The van der Waals surface area contributed by atoms with Gasteiger partial charge in [-0.2, -0.15) is 0 Å². The van der Waals surface area contributed by atoms with Crippen molar-refractivity contribution in [3.8, 4) is 0 Å². The minimum Gasteiger partial charge on any atom is -0.323 e. The minimum atomic E-state index is 0.149. The van der Waals surface area contributed by atoms with Crippen LogP contribution in [0.5, 0.6) is 0 Å². The Morgan fingerprint density at radius 2 is 1.85 bits per heavy atom. The van der Waals surface area contributed by atoms with E-state index in [-0.39, 0.29) is 6.04 Å². The molecule has 0 radical (unpaired) electrons. The van der Waals surface area contributed by atoms with Crippen LogP contribution < -0.4 is 5.73 Å². The van der Waals surface area contributed by atoms with Gasteiger partial charge in [-0.15, -0.1) is 0 Å². The molecular formula is C18H30N2. The summed E-state index contributed by atoms with van der Waals surface area (Å²) in [6.45, 7) is 7.90. The quantitative estimate of drug-likeness (QED) is 0.743. The molecule has 0 aromatic heterocycles. The van der Waals surface area contributed by atoms with Crippen molar-refractivity contribution in [3.63, 3.8) is 0 Å². The van der Waals surface area contributed by atoms with Crippen LogP contribution in [-0.4, -0.2) is 24.5 Å². The van der Waals surface area contributed by atoms with E-state index in [1.54, 1.807) is 0 Å². The van der Waals surface area contributed by atoms with Crippen LogP contribution in [-0.2, 0) is 6.42 Å². The smallest absolute Gasteiger partial charge is 0.0424 e. The molecule has 0 bridgehead atoms. The number of benzene rings is 1. The average molecular weight is 274 g/mol. The fourth-order valence-electron chi connectivity index (χ4n) is 2.84. The van der Waals surface area contributed by atoms with Gasteiger partial charge in [0.25, 0.3) is 0 Å². The van der Waals surface area contributed by atoms with Gasteiger partial charge in [-0.1, -0.05) is 44.5 Å². The Bertz CT molecular complexity index is 381. The monoisotopic (exact) mass is 274 g/mol. The summed E-state index contributed by atoms with van der Waals surface area (Å²) >= 11 is 0. The molecular weight excluding hydrogens is 244 g/mol. The highest BCUT2D eigenvalue weighted by Gasteiger charge is 2.24. The number of hydrogen-bond donors (Lipinski definition) is 1. The standard InChI is InChI=1S/C18H30N2/c1-3-5-15-8-10-17(11-9-15)18(19)14-20(12-4-2)13-16-6-7-16/h8-11,16,18H,3-7,12-14,19H2,1-2H3. The van der Waals surface area contributed by atoms with E-state index in [9.17, 15) is 0 Å². The lowest BCUT2D eigenvalue weighted by atomic mass is 10.0. The summed E-state index contributed by atoms with van der Waals surface area (Å²) in [6, 6.07) is 9.07. The Morgan fingerprint density at radius 3 is 2.40 bits per heavy atom. The van der Waals surface area contributed by atoms with E-state index in [1.165, 1.54) is 56.3 Å². The van der Waals surface area contributed by atoms with Crippen LogP contribution in [0.3, 0.4) is 0 Å². The molecule has 2 rings (SSSR count). The molecule has 1 aromatic rings. The topological polar surface area (TPSA) is 29.3 Å². The molecule has 1 saturated carbocycles. The second-order valence-corrected chi connectivity index (χ2v) is 6.30. The number of rotatable bonds is 9. The van der Waals surface area contributed by atoms with E-state index in [4.69, 9.17) is 5.73 Å². The molecule has 20 heavy (non-hydrogen) atoms. The maximum atomic E-state index is 6.40. The minimum absolute atomic E-state index is 0.149. The lowest BCUT2D eigenvalue weighted by molar-refractivity contribution is 0.248. The molecule has 0 heterocycles. The van der Waals surface area contributed by atoms with Crippen molar-refractivity contribution in [3.05, 3.63) is 35.4 Å². The van der Waals surface area contributed by atoms with Gasteiger partial charge in [-0.25, -0.2) is 0 Å². The van der Waals surface area contributed by atoms with Crippen molar-refractivity contribution in [1.29, 1.82) is 0 Å². The zero-order valence-corrected chi connectivity index (χ0v) is 13.1. The Hall–Kier alpha value is -0.860. The van der Waals surface area contributed by atoms with Gasteiger partial charge in [0.05, 0.1) is 0 Å². The summed E-state index contributed by atoms with van der Waals surface area (Å²) in [5.41, 5.74) is 9.11. The second kappa shape index (κ2) is 7.80. The summed E-state index contributed by atoms with van der Waals surface area (Å²) in [5.74, 6) is 0.945. The zero-order valence-electron chi connectivity index (χ0n) is 13.1. The SMILES string of the molecule is CCCc1ccc(C(N)CN(CCC)CC2CC2)cc1. The third-order valence-electron chi connectivity index (χ3n) is 4.15. The highest BCUT2D eigenvalue weighted by Crippen LogP contribution is 2.30. The first-order chi connectivity index (χ1) is 9.72. The van der Waals surface area contributed by atoms with Crippen LogP contribution in [0.2, 0.25) is 0 Å². The molecule has 0 saturated heterocycles. The maximum absolute atomic E-state index is 6.40. The third-order valence-corrected chi connectivity index (χ3v) is 4.15. The van der Waals surface area contributed by atoms with Gasteiger partial charge in [0.1, 0.15) is 0 Å². The fourth-order valence-corrected chi connectivity index (χ4v) is 2.84. The molecule has 1 atom stereocenters. The van der Waals surface area contributed by atoms with E-state index >= 15 is 0 Å². The van der Waals surface area contributed by atoms with Crippen LogP contribution in [0.25, 0.3) is 0 Å². The number of hydrogen-bond acceptors (Lipinski definition) is 2. The first-order valence-corrected chi connectivity index (χ1v) is 8.29. The molecule has 1 aliphatic carbocycles. The van der Waals surface area contributed by atoms with Crippen LogP contribution >= 0.6 is 0 Å². The molecule has 1 unspecified atom stereocenters. The predicted molar refractivity (Wildman–Crippen MR) is 86.8 cm³/mol. The van der Waals surface area contributed by atoms with Gasteiger partial charge in [0, 0.05) is 19.1 Å². The molecule has 2 nitrogen and oxygen atoms in total. The van der Waals surface area contributed by atoms with Gasteiger partial charge >= 0.3 is 0 Å². The molecule has 1 aromatic carbocycles. The van der Waals surface area contributed by atoms with Crippen molar-refractivity contribution in [2.45, 2.75) is 52.0 Å². The molecule has 112 valence electrons. The Kier molecular flexibility index (Phi) is 6.06. The molecule has 0 amide bonds. The number of aryl methyl sites for hydroxylation is 1. The Morgan fingerprint density at radius 1 is 1.15 bits per heavy atom. The largest absolute Gasteiger partial charge is 0.323 e. The van der Waals surface area contributed by atoms with E-state index in [2.05, 4.69) is 43.0 Å². The molecule has 1 fully saturated rings. The lowest BCUT2D eigenvalue weighted by Gasteiger charge is -2.25. The van der Waals surface area contributed by atoms with Crippen LogP contribution in [0.1, 0.15) is 56.7 Å². The van der Waals surface area contributed by atoms with E-state index < -0.39 is 0 Å². The maximum Gasteiger partial charge on any atom is 0.0424 e. The summed E-state index contributed by atoms with van der Waals surface area (Å²) < 4.78 is 0. The normalized spacial score (nSPS) is 16.6. The first kappa shape index (κ1) is 15.5. The van der Waals surface area contributed by atoms with Crippen LogP contribution in [0.4, 0.5) is 0 Å². The number of nitrogens with zero attached hydrogens (tertiary/aromatic N) is 1. The zero-order chi connectivity index (χ0) is 14.4. The average Bonchev–Trinajstić information content (AvgIpc) is 3.24. The lowest BCUT2D eigenvalue weighted by Crippen LogP contribution is -2.34. The predicted octanol–water partition coefficient (Wildman–Crippen LogP) is 3.76. The molecule has 2 N–H and O–H groups in total. The summed E-state index contributed by atoms with van der Waals surface area (Å²) in [6.07, 6.45) is 6.42. The van der Waals surface area contributed by atoms with Crippen molar-refractivity contribution in [1.82, 2.24) is 4.90 Å². The molecule has 0 spiro atoms. The van der Waals surface area contributed by atoms with Crippen molar-refractivity contribution < 1.29 is 0 Å². The van der Waals surface area contributed by atoms with Gasteiger partial charge in [-0.3, -0.25) is 0 Å². The fraction of sp³-hybridized carbons (Fsp3) is 0.667. The summed E-state index contributed by atoms with van der Waals surface area (Å²) in [5, 5.41) is 0. The third kappa shape index (κ3) is 4.92. The molecule has 1 aliphatic rings. The summed E-state index contributed by atoms with van der Waals surface area (Å²) in [7, 11) is 0. The van der Waals surface area contributed by atoms with Gasteiger partial charge < -0.3 is 10.6 Å². The van der Waals surface area contributed by atoms with Gasteiger partial charge in [0.2, 0.25) is 0 Å².